The lowest BCUT2D eigenvalue weighted by atomic mass is 9.71. The first-order valence-electron chi connectivity index (χ1n) is 6.97. The molecule has 0 N–H and O–H groups in total. The van der Waals surface area contributed by atoms with Gasteiger partial charge in [-0.2, -0.15) is 0 Å². The van der Waals surface area contributed by atoms with Gasteiger partial charge in [0.05, 0.1) is 0 Å². The Morgan fingerprint density at radius 1 is 1.17 bits per heavy atom. The molecular formula is C16H22ClP. The Hall–Kier alpha value is -0.0600. The van der Waals surface area contributed by atoms with E-state index >= 15 is 0 Å². The monoisotopic (exact) mass is 280 g/mol. The molecule has 0 amide bonds. The summed E-state index contributed by atoms with van der Waals surface area (Å²) in [7, 11) is -0.526. The topological polar surface area (TPSA) is 0 Å². The van der Waals surface area contributed by atoms with Gasteiger partial charge in [-0.1, -0.05) is 62.3 Å². The Kier molecular flexibility index (Phi) is 3.03. The number of halogens is 1. The summed E-state index contributed by atoms with van der Waals surface area (Å²) < 4.78 is 0. The second-order valence-electron chi connectivity index (χ2n) is 6.77. The van der Waals surface area contributed by atoms with E-state index in [-0.39, 0.29) is 0 Å². The molecule has 2 aliphatic rings. The molecule has 0 heterocycles. The molecule has 0 aliphatic heterocycles. The molecule has 2 fully saturated rings. The number of benzene rings is 1. The average molecular weight is 281 g/mol. The van der Waals surface area contributed by atoms with Crippen LogP contribution in [0.25, 0.3) is 0 Å². The zero-order valence-electron chi connectivity index (χ0n) is 11.5. The fourth-order valence-corrected chi connectivity index (χ4v) is 7.70. The molecular weight excluding hydrogens is 259 g/mol. The van der Waals surface area contributed by atoms with Crippen molar-refractivity contribution >= 4 is 23.8 Å². The fraction of sp³-hybridized carbons (Fsp3) is 0.625. The molecule has 2 aliphatic carbocycles. The molecule has 0 radical (unpaired) electrons. The van der Waals surface area contributed by atoms with Gasteiger partial charge in [0.2, 0.25) is 0 Å². The van der Waals surface area contributed by atoms with E-state index in [0.29, 0.717) is 16.5 Å². The third-order valence-corrected chi connectivity index (χ3v) is 9.44. The molecule has 1 aromatic carbocycles. The van der Waals surface area contributed by atoms with Crippen LogP contribution in [0.2, 0.25) is 0 Å². The van der Waals surface area contributed by atoms with Crippen molar-refractivity contribution in [1.29, 1.82) is 0 Å². The van der Waals surface area contributed by atoms with Gasteiger partial charge in [-0.15, -0.1) is 0 Å². The van der Waals surface area contributed by atoms with Crippen LogP contribution < -0.4 is 5.30 Å². The van der Waals surface area contributed by atoms with Crippen molar-refractivity contribution in [2.75, 3.05) is 0 Å². The van der Waals surface area contributed by atoms with Crippen LogP contribution >= 0.6 is 18.5 Å². The fourth-order valence-electron chi connectivity index (χ4n) is 4.25. The Morgan fingerprint density at radius 3 is 2.33 bits per heavy atom. The van der Waals surface area contributed by atoms with Gasteiger partial charge in [-0.25, -0.2) is 0 Å². The molecule has 0 nitrogen and oxygen atoms in total. The standard InChI is InChI=1S/C16H22ClP/c1-15(2)12-9-10-16(15,3)14(11-12)18(17)13-7-5-4-6-8-13/h4-8,12,14H,9-11H2,1-3H3. The first-order chi connectivity index (χ1) is 8.47. The molecule has 0 saturated heterocycles. The first-order valence-corrected chi connectivity index (χ1v) is 9.28. The third-order valence-electron chi connectivity index (χ3n) is 6.02. The van der Waals surface area contributed by atoms with E-state index in [1.165, 1.54) is 24.6 Å². The lowest BCUT2D eigenvalue weighted by molar-refractivity contribution is 0.156. The van der Waals surface area contributed by atoms with E-state index in [2.05, 4.69) is 51.1 Å². The summed E-state index contributed by atoms with van der Waals surface area (Å²) in [6.07, 6.45) is 4.12. The zero-order chi connectivity index (χ0) is 13.0. The Bertz CT molecular complexity index is 442. The van der Waals surface area contributed by atoms with Crippen molar-refractivity contribution in [2.24, 2.45) is 16.7 Å². The number of rotatable bonds is 2. The van der Waals surface area contributed by atoms with Gasteiger partial charge >= 0.3 is 0 Å². The summed E-state index contributed by atoms with van der Waals surface area (Å²) in [6, 6.07) is 10.7. The van der Waals surface area contributed by atoms with Gasteiger partial charge in [-0.3, -0.25) is 0 Å². The molecule has 0 aromatic heterocycles. The highest BCUT2D eigenvalue weighted by atomic mass is 35.7. The van der Waals surface area contributed by atoms with Crippen LogP contribution in [0.1, 0.15) is 40.0 Å². The predicted molar refractivity (Wildman–Crippen MR) is 81.9 cm³/mol. The van der Waals surface area contributed by atoms with Crippen molar-refractivity contribution in [3.05, 3.63) is 30.3 Å². The molecule has 98 valence electrons. The molecule has 2 heteroatoms. The van der Waals surface area contributed by atoms with Crippen LogP contribution in [0.3, 0.4) is 0 Å². The van der Waals surface area contributed by atoms with Crippen LogP contribution in [-0.4, -0.2) is 5.66 Å². The second kappa shape index (κ2) is 4.22. The maximum atomic E-state index is 6.89. The highest BCUT2D eigenvalue weighted by molar-refractivity contribution is 7.90. The molecule has 4 atom stereocenters. The normalized spacial score (nSPS) is 38.9. The molecule has 2 bridgehead atoms. The van der Waals surface area contributed by atoms with Gasteiger partial charge in [0.15, 0.2) is 0 Å². The zero-order valence-corrected chi connectivity index (χ0v) is 13.1. The highest BCUT2D eigenvalue weighted by Crippen LogP contribution is 2.73. The minimum absolute atomic E-state index is 0.445. The van der Waals surface area contributed by atoms with Crippen molar-refractivity contribution in [3.8, 4) is 0 Å². The minimum Gasteiger partial charge on any atom is -0.0909 e. The third kappa shape index (κ3) is 1.61. The van der Waals surface area contributed by atoms with Gasteiger partial charge in [-0.05, 0) is 41.3 Å². The lowest BCUT2D eigenvalue weighted by Gasteiger charge is -2.41. The van der Waals surface area contributed by atoms with E-state index in [4.69, 9.17) is 11.2 Å². The van der Waals surface area contributed by atoms with Crippen molar-refractivity contribution in [3.63, 3.8) is 0 Å². The van der Waals surface area contributed by atoms with E-state index in [1.54, 1.807) is 0 Å². The highest BCUT2D eigenvalue weighted by Gasteiger charge is 2.62. The van der Waals surface area contributed by atoms with Crippen molar-refractivity contribution in [1.82, 2.24) is 0 Å². The van der Waals surface area contributed by atoms with Crippen molar-refractivity contribution in [2.45, 2.75) is 45.7 Å². The summed E-state index contributed by atoms with van der Waals surface area (Å²) in [4.78, 5) is 0. The number of fused-ring (bicyclic) bond motifs is 2. The molecule has 3 rings (SSSR count). The van der Waals surface area contributed by atoms with E-state index in [0.717, 1.165) is 5.92 Å². The van der Waals surface area contributed by atoms with Crippen LogP contribution in [0.5, 0.6) is 0 Å². The molecule has 2 saturated carbocycles. The lowest BCUT2D eigenvalue weighted by Crippen LogP contribution is -2.35. The van der Waals surface area contributed by atoms with Crippen LogP contribution in [0, 0.1) is 16.7 Å². The van der Waals surface area contributed by atoms with Gasteiger partial charge in [0.25, 0.3) is 0 Å². The van der Waals surface area contributed by atoms with Crippen LogP contribution in [0.15, 0.2) is 30.3 Å². The van der Waals surface area contributed by atoms with Crippen LogP contribution in [0.4, 0.5) is 0 Å². The van der Waals surface area contributed by atoms with Gasteiger partial charge in [0, 0.05) is 12.9 Å². The van der Waals surface area contributed by atoms with E-state index < -0.39 is 7.27 Å². The quantitative estimate of drug-likeness (QED) is 0.656. The van der Waals surface area contributed by atoms with Crippen molar-refractivity contribution < 1.29 is 0 Å². The number of hydrogen-bond donors (Lipinski definition) is 0. The first kappa shape index (κ1) is 12.9. The number of hydrogen-bond acceptors (Lipinski definition) is 0. The molecule has 4 unspecified atom stereocenters. The maximum absolute atomic E-state index is 6.89. The van der Waals surface area contributed by atoms with E-state index in [9.17, 15) is 0 Å². The molecule has 1 aromatic rings. The Balaban J connectivity index is 1.92. The summed E-state index contributed by atoms with van der Waals surface area (Å²) in [5.41, 5.74) is 1.62. The summed E-state index contributed by atoms with van der Waals surface area (Å²) >= 11 is 6.89. The average Bonchev–Trinajstić information content (AvgIpc) is 2.71. The van der Waals surface area contributed by atoms with Gasteiger partial charge in [0.1, 0.15) is 0 Å². The predicted octanol–water partition coefficient (Wildman–Crippen LogP) is 5.16. The Morgan fingerprint density at radius 2 is 1.83 bits per heavy atom. The molecule has 0 spiro atoms. The summed E-state index contributed by atoms with van der Waals surface area (Å²) in [6.45, 7) is 7.43. The largest absolute Gasteiger partial charge is 0.0909 e. The van der Waals surface area contributed by atoms with Crippen LogP contribution in [-0.2, 0) is 0 Å². The molecule has 18 heavy (non-hydrogen) atoms. The second-order valence-corrected chi connectivity index (χ2v) is 9.63. The summed E-state index contributed by atoms with van der Waals surface area (Å²) in [5.74, 6) is 0.889. The smallest absolute Gasteiger partial charge is 0.0250 e. The summed E-state index contributed by atoms with van der Waals surface area (Å²) in [5, 5.41) is 1.36. The SMILES string of the molecule is CC1(C)C2CCC1(C)C(P(Cl)c1ccccc1)C2. The van der Waals surface area contributed by atoms with E-state index in [1.807, 2.05) is 0 Å². The maximum Gasteiger partial charge on any atom is 0.0250 e. The van der Waals surface area contributed by atoms with Gasteiger partial charge < -0.3 is 0 Å². The minimum atomic E-state index is -0.526. The Labute approximate surface area is 117 Å².